The van der Waals surface area contributed by atoms with Crippen molar-refractivity contribution in [3.05, 3.63) is 59.7 Å². The highest BCUT2D eigenvalue weighted by Crippen LogP contribution is 2.51. The summed E-state index contributed by atoms with van der Waals surface area (Å²) in [5.41, 5.74) is 3.07. The summed E-state index contributed by atoms with van der Waals surface area (Å²) in [5, 5.41) is 4.89. The van der Waals surface area contributed by atoms with Gasteiger partial charge in [0.25, 0.3) is 0 Å². The summed E-state index contributed by atoms with van der Waals surface area (Å²) in [4.78, 5) is 31.2. The van der Waals surface area contributed by atoms with Crippen LogP contribution < -0.4 is 14.4 Å². The number of carbonyl (C=O) groups is 2. The van der Waals surface area contributed by atoms with Gasteiger partial charge in [-0.05, 0) is 57.7 Å². The number of thioether (sulfide) groups is 1. The number of ether oxygens (including phenoxy) is 2. The van der Waals surface area contributed by atoms with E-state index in [0.29, 0.717) is 23.2 Å². The van der Waals surface area contributed by atoms with Gasteiger partial charge in [-0.3, -0.25) is 14.5 Å². The molecule has 218 valence electrons. The largest absolute Gasteiger partial charge is 0.497 e. The number of carbonyl (C=O) groups excluding carboxylic acids is 2. The number of likely N-dealkylation sites (tertiary alicyclic amines) is 1. The fourth-order valence-corrected chi connectivity index (χ4v) is 6.79. The Morgan fingerprint density at radius 1 is 1.05 bits per heavy atom. The Morgan fingerprint density at radius 3 is 2.39 bits per heavy atom. The van der Waals surface area contributed by atoms with Crippen molar-refractivity contribution in [1.82, 2.24) is 14.7 Å². The van der Waals surface area contributed by atoms with Crippen LogP contribution in [0.2, 0.25) is 0 Å². The van der Waals surface area contributed by atoms with E-state index < -0.39 is 5.54 Å². The zero-order chi connectivity index (χ0) is 29.3. The number of fused-ring (bicyclic) bond motifs is 1. The number of aromatic nitrogens is 2. The lowest BCUT2D eigenvalue weighted by Gasteiger charge is -2.33. The van der Waals surface area contributed by atoms with Gasteiger partial charge in [-0.2, -0.15) is 5.10 Å². The summed E-state index contributed by atoms with van der Waals surface area (Å²) in [7, 11) is 3.29. The van der Waals surface area contributed by atoms with Crippen LogP contribution in [0.25, 0.3) is 11.3 Å². The van der Waals surface area contributed by atoms with Gasteiger partial charge in [0.05, 0.1) is 36.5 Å². The Kier molecular flexibility index (Phi) is 8.36. The van der Waals surface area contributed by atoms with E-state index in [2.05, 4.69) is 27.7 Å². The van der Waals surface area contributed by atoms with Crippen LogP contribution in [-0.4, -0.2) is 66.1 Å². The smallest absolute Gasteiger partial charge is 0.242 e. The first kappa shape index (κ1) is 29.0. The van der Waals surface area contributed by atoms with Crippen molar-refractivity contribution in [3.8, 4) is 22.8 Å². The predicted octanol–water partition coefficient (Wildman–Crippen LogP) is 5.75. The molecular formula is C32H40N4O4S. The first-order valence-corrected chi connectivity index (χ1v) is 15.3. The molecular weight excluding hydrogens is 536 g/mol. The highest BCUT2D eigenvalue weighted by atomic mass is 32.2. The minimum atomic E-state index is -0.461. The molecule has 2 amide bonds. The number of hydrogen-bond acceptors (Lipinski definition) is 6. The van der Waals surface area contributed by atoms with Crippen molar-refractivity contribution in [1.29, 1.82) is 0 Å². The minimum absolute atomic E-state index is 0.0151. The normalized spacial score (nSPS) is 18.2. The number of amides is 2. The van der Waals surface area contributed by atoms with Gasteiger partial charge in [-0.1, -0.05) is 37.3 Å². The highest BCUT2D eigenvalue weighted by molar-refractivity contribution is 8.00. The van der Waals surface area contributed by atoms with Crippen molar-refractivity contribution in [2.75, 3.05) is 44.5 Å². The molecule has 1 atom stereocenters. The van der Waals surface area contributed by atoms with E-state index in [4.69, 9.17) is 14.6 Å². The molecule has 3 aromatic rings. The fraction of sp³-hybridized carbons (Fsp3) is 0.469. The number of hydrogen-bond donors (Lipinski definition) is 0. The van der Waals surface area contributed by atoms with Gasteiger partial charge in [-0.25, -0.2) is 4.68 Å². The second-order valence-corrected chi connectivity index (χ2v) is 13.0. The van der Waals surface area contributed by atoms with Gasteiger partial charge in [-0.15, -0.1) is 11.8 Å². The predicted molar refractivity (Wildman–Crippen MR) is 164 cm³/mol. The molecule has 2 aliphatic heterocycles. The van der Waals surface area contributed by atoms with E-state index in [1.54, 1.807) is 19.1 Å². The van der Waals surface area contributed by atoms with Gasteiger partial charge in [0.1, 0.15) is 23.9 Å². The molecule has 1 fully saturated rings. The first-order valence-electron chi connectivity index (χ1n) is 14.2. The van der Waals surface area contributed by atoms with Gasteiger partial charge in [0.15, 0.2) is 0 Å². The maximum Gasteiger partial charge on any atom is 0.242 e. The Labute approximate surface area is 247 Å². The highest BCUT2D eigenvalue weighted by Gasteiger charge is 2.40. The second-order valence-electron chi connectivity index (χ2n) is 11.9. The van der Waals surface area contributed by atoms with Gasteiger partial charge >= 0.3 is 0 Å². The lowest BCUT2D eigenvalue weighted by molar-refractivity contribution is -0.132. The molecule has 0 spiro atoms. The number of nitrogens with zero attached hydrogens (tertiary/aromatic N) is 4. The zero-order valence-electron chi connectivity index (χ0n) is 24.8. The molecule has 2 aliphatic rings. The summed E-state index contributed by atoms with van der Waals surface area (Å²) < 4.78 is 13.3. The summed E-state index contributed by atoms with van der Waals surface area (Å²) in [6.07, 6.45) is 1.97. The van der Waals surface area contributed by atoms with Crippen molar-refractivity contribution in [2.24, 2.45) is 5.92 Å². The van der Waals surface area contributed by atoms with Crippen molar-refractivity contribution in [2.45, 2.75) is 51.3 Å². The van der Waals surface area contributed by atoms with Gasteiger partial charge < -0.3 is 14.4 Å². The molecule has 0 bridgehead atoms. The molecule has 3 heterocycles. The van der Waals surface area contributed by atoms with Crippen LogP contribution in [0.3, 0.4) is 0 Å². The second kappa shape index (κ2) is 11.8. The van der Waals surface area contributed by atoms with Crippen LogP contribution in [0, 0.1) is 5.92 Å². The molecule has 0 aliphatic carbocycles. The first-order chi connectivity index (χ1) is 19.6. The number of benzene rings is 2. The van der Waals surface area contributed by atoms with E-state index in [-0.39, 0.29) is 29.4 Å². The summed E-state index contributed by atoms with van der Waals surface area (Å²) in [6.45, 7) is 9.88. The third-order valence-electron chi connectivity index (χ3n) is 7.92. The average Bonchev–Trinajstić information content (AvgIpc) is 3.31. The Morgan fingerprint density at radius 2 is 1.76 bits per heavy atom. The summed E-state index contributed by atoms with van der Waals surface area (Å²) in [6, 6.07) is 15.8. The third-order valence-corrected chi connectivity index (χ3v) is 9.16. The standard InChI is InChI=1S/C32H40N4O4S/c1-21-14-16-34(17-15-21)26(37)19-35-27(38)20-41-30(24-18-23(39-5)12-13-25(24)40-6)28-29(22-10-8-7-9-11-22)33-36(31(28)35)32(2,3)4/h7-13,18,21,30H,14-17,19-20H2,1-6H3/t30-/m1/s1. The van der Waals surface area contributed by atoms with Crippen LogP contribution in [0.5, 0.6) is 11.5 Å². The van der Waals surface area contributed by atoms with Crippen molar-refractivity contribution >= 4 is 29.4 Å². The van der Waals surface area contributed by atoms with Gasteiger partial charge in [0.2, 0.25) is 11.8 Å². The lowest BCUT2D eigenvalue weighted by Crippen LogP contribution is -2.47. The van der Waals surface area contributed by atoms with Crippen LogP contribution in [0.1, 0.15) is 56.9 Å². The summed E-state index contributed by atoms with van der Waals surface area (Å²) in [5.74, 6) is 2.76. The number of piperidine rings is 1. The Hall–Kier alpha value is -3.46. The maximum absolute atomic E-state index is 14.0. The van der Waals surface area contributed by atoms with Crippen molar-refractivity contribution in [3.63, 3.8) is 0 Å². The molecule has 1 aromatic heterocycles. The summed E-state index contributed by atoms with van der Waals surface area (Å²) >= 11 is 1.53. The van der Waals surface area contributed by atoms with Crippen LogP contribution in [0.4, 0.5) is 5.82 Å². The molecule has 0 radical (unpaired) electrons. The molecule has 41 heavy (non-hydrogen) atoms. The van der Waals surface area contributed by atoms with Crippen LogP contribution in [0.15, 0.2) is 48.5 Å². The molecule has 0 N–H and O–H groups in total. The Bertz CT molecular complexity index is 1410. The monoisotopic (exact) mass is 576 g/mol. The SMILES string of the molecule is COc1ccc(OC)c([C@H]2SCC(=O)N(CC(=O)N3CCC(C)CC3)c3c2c(-c2ccccc2)nn3C(C)(C)C)c1. The Balaban J connectivity index is 1.73. The minimum Gasteiger partial charge on any atom is -0.497 e. The number of rotatable bonds is 6. The van der Waals surface area contributed by atoms with E-state index in [9.17, 15) is 9.59 Å². The van der Waals surface area contributed by atoms with E-state index in [1.807, 2.05) is 58.1 Å². The van der Waals surface area contributed by atoms with E-state index >= 15 is 0 Å². The topological polar surface area (TPSA) is 76.9 Å². The maximum atomic E-state index is 14.0. The van der Waals surface area contributed by atoms with E-state index in [0.717, 1.165) is 48.3 Å². The van der Waals surface area contributed by atoms with Crippen LogP contribution >= 0.6 is 11.8 Å². The molecule has 9 heteroatoms. The molecule has 1 saturated heterocycles. The van der Waals surface area contributed by atoms with Gasteiger partial charge in [0, 0.05) is 29.8 Å². The molecule has 5 rings (SSSR count). The quantitative estimate of drug-likeness (QED) is 0.372. The molecule has 8 nitrogen and oxygen atoms in total. The molecule has 0 saturated carbocycles. The average molecular weight is 577 g/mol. The van der Waals surface area contributed by atoms with Crippen LogP contribution in [-0.2, 0) is 15.1 Å². The third kappa shape index (κ3) is 5.82. The zero-order valence-corrected chi connectivity index (χ0v) is 25.7. The molecule has 2 aromatic carbocycles. The van der Waals surface area contributed by atoms with E-state index in [1.165, 1.54) is 11.8 Å². The fourth-order valence-electron chi connectivity index (χ4n) is 5.58. The number of methoxy groups -OCH3 is 2. The molecule has 0 unspecified atom stereocenters. The lowest BCUT2D eigenvalue weighted by atomic mass is 9.98. The van der Waals surface area contributed by atoms with Crippen molar-refractivity contribution < 1.29 is 19.1 Å². The number of anilines is 1.